The van der Waals surface area contributed by atoms with Crippen LogP contribution in [-0.4, -0.2) is 24.4 Å². The Kier molecular flexibility index (Phi) is 4.06. The first-order valence-corrected chi connectivity index (χ1v) is 6.20. The number of hydrogen-bond acceptors (Lipinski definition) is 2. The van der Waals surface area contributed by atoms with Crippen molar-refractivity contribution in [1.82, 2.24) is 0 Å². The van der Waals surface area contributed by atoms with E-state index >= 15 is 0 Å². The standard InChI is InChI=1S/C13H13ClF3NO/c14-11-1-2-12(9(7-11)8-19)18-5-3-10(4-6-18)13(15,16)17/h1-3,7,19H,4-6,8H2. The van der Waals surface area contributed by atoms with Crippen molar-refractivity contribution in [2.24, 2.45) is 0 Å². The number of aliphatic hydroxyl groups excluding tert-OH is 1. The van der Waals surface area contributed by atoms with Crippen LogP contribution in [0.25, 0.3) is 0 Å². The third kappa shape index (κ3) is 3.22. The van der Waals surface area contributed by atoms with E-state index in [1.54, 1.807) is 23.1 Å². The minimum atomic E-state index is -4.24. The van der Waals surface area contributed by atoms with Gasteiger partial charge in [-0.25, -0.2) is 0 Å². The van der Waals surface area contributed by atoms with Gasteiger partial charge in [0.2, 0.25) is 0 Å². The van der Waals surface area contributed by atoms with Crippen LogP contribution >= 0.6 is 11.6 Å². The van der Waals surface area contributed by atoms with Crippen molar-refractivity contribution >= 4 is 17.3 Å². The number of rotatable bonds is 2. The fraction of sp³-hybridized carbons (Fsp3) is 0.385. The first-order valence-electron chi connectivity index (χ1n) is 5.82. The minimum absolute atomic E-state index is 0.0446. The molecule has 1 aromatic carbocycles. The van der Waals surface area contributed by atoms with Crippen molar-refractivity contribution in [2.75, 3.05) is 18.0 Å². The summed E-state index contributed by atoms with van der Waals surface area (Å²) in [5, 5.41) is 9.77. The fourth-order valence-corrected chi connectivity index (χ4v) is 2.33. The second kappa shape index (κ2) is 5.43. The lowest BCUT2D eigenvalue weighted by atomic mass is 10.1. The minimum Gasteiger partial charge on any atom is -0.392 e. The van der Waals surface area contributed by atoms with Crippen LogP contribution in [0.3, 0.4) is 0 Å². The Balaban J connectivity index is 2.20. The maximum absolute atomic E-state index is 12.5. The predicted molar refractivity (Wildman–Crippen MR) is 68.3 cm³/mol. The van der Waals surface area contributed by atoms with E-state index in [4.69, 9.17) is 11.6 Å². The van der Waals surface area contributed by atoms with Crippen molar-refractivity contribution in [3.8, 4) is 0 Å². The summed E-state index contributed by atoms with van der Waals surface area (Å²) < 4.78 is 37.6. The van der Waals surface area contributed by atoms with Gasteiger partial charge in [-0.3, -0.25) is 0 Å². The number of nitrogens with zero attached hydrogens (tertiary/aromatic N) is 1. The van der Waals surface area contributed by atoms with Gasteiger partial charge in [0.1, 0.15) is 0 Å². The lowest BCUT2D eigenvalue weighted by Gasteiger charge is -2.30. The predicted octanol–water partition coefficient (Wildman–Crippen LogP) is 3.53. The number of benzene rings is 1. The van der Waals surface area contributed by atoms with E-state index in [0.717, 1.165) is 5.69 Å². The zero-order valence-corrected chi connectivity index (χ0v) is 10.8. The highest BCUT2D eigenvalue weighted by molar-refractivity contribution is 6.30. The van der Waals surface area contributed by atoms with Crippen LogP contribution in [0, 0.1) is 0 Å². The molecular weight excluding hydrogens is 279 g/mol. The van der Waals surface area contributed by atoms with Crippen molar-refractivity contribution < 1.29 is 18.3 Å². The summed E-state index contributed by atoms with van der Waals surface area (Å²) in [6.45, 7) is 0.270. The SMILES string of the molecule is OCc1cc(Cl)ccc1N1CC=C(C(F)(F)F)CC1. The Labute approximate surface area is 114 Å². The van der Waals surface area contributed by atoms with E-state index in [2.05, 4.69) is 0 Å². The van der Waals surface area contributed by atoms with Crippen molar-refractivity contribution in [3.05, 3.63) is 40.4 Å². The molecule has 2 nitrogen and oxygen atoms in total. The molecule has 19 heavy (non-hydrogen) atoms. The van der Waals surface area contributed by atoms with Crippen LogP contribution in [0.15, 0.2) is 29.8 Å². The Morgan fingerprint density at radius 2 is 2.05 bits per heavy atom. The monoisotopic (exact) mass is 291 g/mol. The number of aliphatic hydroxyl groups is 1. The lowest BCUT2D eigenvalue weighted by Crippen LogP contribution is -2.32. The zero-order chi connectivity index (χ0) is 14.0. The summed E-state index contributed by atoms with van der Waals surface area (Å²) in [7, 11) is 0. The van der Waals surface area contributed by atoms with Crippen LogP contribution in [0.2, 0.25) is 5.02 Å². The first kappa shape index (κ1) is 14.2. The second-order valence-electron chi connectivity index (χ2n) is 4.35. The van der Waals surface area contributed by atoms with Crippen LogP contribution in [0.1, 0.15) is 12.0 Å². The smallest absolute Gasteiger partial charge is 0.392 e. The molecule has 1 aliphatic rings. The molecule has 0 fully saturated rings. The van der Waals surface area contributed by atoms with E-state index in [0.29, 0.717) is 10.6 Å². The van der Waals surface area contributed by atoms with E-state index < -0.39 is 11.7 Å². The molecule has 0 aliphatic carbocycles. The second-order valence-corrected chi connectivity index (χ2v) is 4.79. The largest absolute Gasteiger partial charge is 0.412 e. The van der Waals surface area contributed by atoms with Crippen LogP contribution in [-0.2, 0) is 6.61 Å². The highest BCUT2D eigenvalue weighted by Crippen LogP contribution is 2.33. The van der Waals surface area contributed by atoms with Gasteiger partial charge in [0.15, 0.2) is 0 Å². The normalized spacial score (nSPS) is 16.5. The molecule has 104 valence electrons. The van der Waals surface area contributed by atoms with Crippen molar-refractivity contribution in [1.29, 1.82) is 0 Å². The molecule has 0 aromatic heterocycles. The Bertz CT molecular complexity index is 499. The van der Waals surface area contributed by atoms with Crippen LogP contribution in [0.5, 0.6) is 0 Å². The Morgan fingerprint density at radius 3 is 2.58 bits per heavy atom. The first-order chi connectivity index (χ1) is 8.91. The molecule has 1 N–H and O–H groups in total. The highest BCUT2D eigenvalue weighted by atomic mass is 35.5. The molecule has 0 saturated heterocycles. The molecule has 0 atom stereocenters. The van der Waals surface area contributed by atoms with E-state index in [1.807, 2.05) is 0 Å². The summed E-state index contributed by atoms with van der Waals surface area (Å²) >= 11 is 5.83. The van der Waals surface area contributed by atoms with Gasteiger partial charge >= 0.3 is 6.18 Å². The van der Waals surface area contributed by atoms with Gasteiger partial charge < -0.3 is 10.0 Å². The van der Waals surface area contributed by atoms with Gasteiger partial charge in [0.05, 0.1) is 6.61 Å². The van der Waals surface area contributed by atoms with E-state index in [9.17, 15) is 18.3 Å². The Hall–Kier alpha value is -1.20. The van der Waals surface area contributed by atoms with Gasteiger partial charge in [0.25, 0.3) is 0 Å². The zero-order valence-electron chi connectivity index (χ0n) is 10.0. The maximum atomic E-state index is 12.5. The molecule has 0 unspecified atom stereocenters. The molecule has 0 bridgehead atoms. The van der Waals surface area contributed by atoms with Gasteiger partial charge in [-0.05, 0) is 24.6 Å². The summed E-state index contributed by atoms with van der Waals surface area (Å²) in [5.41, 5.74) is 0.865. The Morgan fingerprint density at radius 1 is 1.32 bits per heavy atom. The lowest BCUT2D eigenvalue weighted by molar-refractivity contribution is -0.0944. The molecule has 0 spiro atoms. The average molecular weight is 292 g/mol. The number of hydrogen-bond donors (Lipinski definition) is 1. The summed E-state index contributed by atoms with van der Waals surface area (Å²) in [4.78, 5) is 1.80. The summed E-state index contributed by atoms with van der Waals surface area (Å²) in [5.74, 6) is 0. The highest BCUT2D eigenvalue weighted by Gasteiger charge is 2.34. The maximum Gasteiger partial charge on any atom is 0.412 e. The van der Waals surface area contributed by atoms with Gasteiger partial charge in [0, 0.05) is 34.9 Å². The molecular formula is C13H13ClF3NO. The van der Waals surface area contributed by atoms with E-state index in [1.165, 1.54) is 6.08 Å². The van der Waals surface area contributed by atoms with Crippen LogP contribution in [0.4, 0.5) is 18.9 Å². The number of anilines is 1. The molecule has 2 rings (SSSR count). The van der Waals surface area contributed by atoms with E-state index in [-0.39, 0.29) is 26.1 Å². The van der Waals surface area contributed by atoms with Crippen LogP contribution < -0.4 is 4.90 Å². The average Bonchev–Trinajstić information content (AvgIpc) is 2.37. The molecule has 6 heteroatoms. The topological polar surface area (TPSA) is 23.5 Å². The molecule has 1 aromatic rings. The third-order valence-corrected chi connectivity index (χ3v) is 3.36. The van der Waals surface area contributed by atoms with Gasteiger partial charge in [-0.15, -0.1) is 0 Å². The molecule has 0 amide bonds. The molecule has 0 saturated carbocycles. The third-order valence-electron chi connectivity index (χ3n) is 3.13. The number of halogens is 4. The van der Waals surface area contributed by atoms with Gasteiger partial charge in [-0.2, -0.15) is 13.2 Å². The number of alkyl halides is 3. The molecule has 1 aliphatic heterocycles. The van der Waals surface area contributed by atoms with Crippen molar-refractivity contribution in [3.63, 3.8) is 0 Å². The summed E-state index contributed by atoms with van der Waals surface area (Å²) in [6, 6.07) is 5.01. The molecule has 1 heterocycles. The quantitative estimate of drug-likeness (QED) is 0.843. The summed E-state index contributed by atoms with van der Waals surface area (Å²) in [6.07, 6.45) is -3.10. The molecule has 0 radical (unpaired) electrons. The van der Waals surface area contributed by atoms with Gasteiger partial charge in [-0.1, -0.05) is 17.7 Å². The fourth-order valence-electron chi connectivity index (χ4n) is 2.13. The van der Waals surface area contributed by atoms with Crippen molar-refractivity contribution in [2.45, 2.75) is 19.2 Å².